The molecule has 1 aromatic rings. The van der Waals surface area contributed by atoms with E-state index < -0.39 is 5.97 Å². The standard InChI is InChI=1S/C14H21N3O3/c1-10-6-7-15-8-12(10)9-16-14(20)17-11(2)4-3-5-13(18)19/h6-8,11H,3-5,9H2,1-2H3,(H,18,19)(H2,16,17,20). The minimum Gasteiger partial charge on any atom is -0.481 e. The lowest BCUT2D eigenvalue weighted by atomic mass is 10.1. The van der Waals surface area contributed by atoms with E-state index in [2.05, 4.69) is 15.6 Å². The van der Waals surface area contributed by atoms with Crippen LogP contribution in [0.5, 0.6) is 0 Å². The topological polar surface area (TPSA) is 91.3 Å². The summed E-state index contributed by atoms with van der Waals surface area (Å²) in [5, 5.41) is 14.1. The predicted octanol–water partition coefficient (Wildman–Crippen LogP) is 1.83. The Hall–Kier alpha value is -2.11. The fraction of sp³-hybridized carbons (Fsp3) is 0.500. The second-order valence-electron chi connectivity index (χ2n) is 4.82. The number of carboxylic acids is 1. The molecule has 1 aromatic heterocycles. The van der Waals surface area contributed by atoms with Crippen molar-refractivity contribution < 1.29 is 14.7 Å². The Labute approximate surface area is 118 Å². The lowest BCUT2D eigenvalue weighted by molar-refractivity contribution is -0.137. The number of nitrogens with one attached hydrogen (secondary N) is 2. The number of hydrogen-bond donors (Lipinski definition) is 3. The van der Waals surface area contributed by atoms with Gasteiger partial charge < -0.3 is 15.7 Å². The highest BCUT2D eigenvalue weighted by Crippen LogP contribution is 2.04. The van der Waals surface area contributed by atoms with Gasteiger partial charge in [-0.1, -0.05) is 0 Å². The van der Waals surface area contributed by atoms with Crippen molar-refractivity contribution in [2.24, 2.45) is 0 Å². The zero-order valence-electron chi connectivity index (χ0n) is 11.8. The maximum Gasteiger partial charge on any atom is 0.315 e. The van der Waals surface area contributed by atoms with Gasteiger partial charge in [0.05, 0.1) is 0 Å². The number of aliphatic carboxylic acids is 1. The van der Waals surface area contributed by atoms with Gasteiger partial charge in [-0.2, -0.15) is 0 Å². The zero-order chi connectivity index (χ0) is 15.0. The second kappa shape index (κ2) is 8.14. The summed E-state index contributed by atoms with van der Waals surface area (Å²) < 4.78 is 0. The summed E-state index contributed by atoms with van der Waals surface area (Å²) in [4.78, 5) is 26.1. The third kappa shape index (κ3) is 6.17. The Balaban J connectivity index is 2.26. The van der Waals surface area contributed by atoms with Gasteiger partial charge in [-0.05, 0) is 43.9 Å². The predicted molar refractivity (Wildman–Crippen MR) is 75.3 cm³/mol. The minimum atomic E-state index is -0.811. The van der Waals surface area contributed by atoms with Crippen molar-refractivity contribution in [2.75, 3.05) is 0 Å². The van der Waals surface area contributed by atoms with Crippen molar-refractivity contribution >= 4 is 12.0 Å². The van der Waals surface area contributed by atoms with E-state index in [1.54, 1.807) is 12.4 Å². The van der Waals surface area contributed by atoms with E-state index in [-0.39, 0.29) is 18.5 Å². The van der Waals surface area contributed by atoms with E-state index in [1.807, 2.05) is 19.9 Å². The van der Waals surface area contributed by atoms with Gasteiger partial charge in [-0.3, -0.25) is 9.78 Å². The van der Waals surface area contributed by atoms with Gasteiger partial charge in [0, 0.05) is 31.4 Å². The van der Waals surface area contributed by atoms with E-state index in [1.165, 1.54) is 0 Å². The monoisotopic (exact) mass is 279 g/mol. The summed E-state index contributed by atoms with van der Waals surface area (Å²) in [6, 6.07) is 1.59. The number of pyridine rings is 1. The highest BCUT2D eigenvalue weighted by molar-refractivity contribution is 5.74. The van der Waals surface area contributed by atoms with Crippen LogP contribution >= 0.6 is 0 Å². The normalized spacial score (nSPS) is 11.7. The fourth-order valence-electron chi connectivity index (χ4n) is 1.76. The number of rotatable bonds is 7. The smallest absolute Gasteiger partial charge is 0.315 e. The first-order valence-corrected chi connectivity index (χ1v) is 6.64. The molecule has 3 N–H and O–H groups in total. The maximum atomic E-state index is 11.7. The lowest BCUT2D eigenvalue weighted by Crippen LogP contribution is -2.40. The van der Waals surface area contributed by atoms with E-state index >= 15 is 0 Å². The molecule has 0 spiro atoms. The van der Waals surface area contributed by atoms with Gasteiger partial charge in [-0.15, -0.1) is 0 Å². The molecule has 1 heterocycles. The molecule has 2 amide bonds. The van der Waals surface area contributed by atoms with Crippen molar-refractivity contribution in [3.8, 4) is 0 Å². The first-order chi connectivity index (χ1) is 9.49. The van der Waals surface area contributed by atoms with E-state index in [9.17, 15) is 9.59 Å². The van der Waals surface area contributed by atoms with Gasteiger partial charge in [0.15, 0.2) is 0 Å². The number of carbonyl (C=O) groups excluding carboxylic acids is 1. The molecule has 1 unspecified atom stereocenters. The largest absolute Gasteiger partial charge is 0.481 e. The molecule has 0 saturated carbocycles. The molecule has 0 aliphatic heterocycles. The van der Waals surface area contributed by atoms with E-state index in [0.29, 0.717) is 19.4 Å². The van der Waals surface area contributed by atoms with Crippen molar-refractivity contribution in [3.05, 3.63) is 29.6 Å². The SMILES string of the molecule is Cc1ccncc1CNC(=O)NC(C)CCCC(=O)O. The molecule has 0 saturated heterocycles. The number of hydrogen-bond acceptors (Lipinski definition) is 3. The molecule has 0 fully saturated rings. The van der Waals surface area contributed by atoms with E-state index in [0.717, 1.165) is 11.1 Å². The molecule has 0 radical (unpaired) electrons. The van der Waals surface area contributed by atoms with Crippen LogP contribution in [0.15, 0.2) is 18.5 Å². The maximum absolute atomic E-state index is 11.7. The molecule has 0 aliphatic rings. The van der Waals surface area contributed by atoms with Gasteiger partial charge in [0.2, 0.25) is 0 Å². The van der Waals surface area contributed by atoms with Gasteiger partial charge >= 0.3 is 12.0 Å². The summed E-state index contributed by atoms with van der Waals surface area (Å²) in [7, 11) is 0. The number of nitrogens with zero attached hydrogens (tertiary/aromatic N) is 1. The number of amides is 2. The third-order valence-electron chi connectivity index (χ3n) is 2.99. The molecular formula is C14H21N3O3. The van der Waals surface area contributed by atoms with Crippen LogP contribution in [-0.2, 0) is 11.3 Å². The highest BCUT2D eigenvalue weighted by atomic mass is 16.4. The van der Waals surface area contributed by atoms with Crippen LogP contribution in [0.1, 0.15) is 37.3 Å². The van der Waals surface area contributed by atoms with Crippen LogP contribution in [0, 0.1) is 6.92 Å². The Morgan fingerprint density at radius 3 is 2.85 bits per heavy atom. The van der Waals surface area contributed by atoms with Crippen LogP contribution in [0.4, 0.5) is 4.79 Å². The van der Waals surface area contributed by atoms with Crippen LogP contribution in [-0.4, -0.2) is 28.1 Å². The summed E-state index contributed by atoms with van der Waals surface area (Å²) >= 11 is 0. The molecule has 6 nitrogen and oxygen atoms in total. The van der Waals surface area contributed by atoms with Crippen LogP contribution in [0.2, 0.25) is 0 Å². The lowest BCUT2D eigenvalue weighted by Gasteiger charge is -2.14. The van der Waals surface area contributed by atoms with Gasteiger partial charge in [0.25, 0.3) is 0 Å². The first kappa shape index (κ1) is 15.9. The fourth-order valence-corrected chi connectivity index (χ4v) is 1.76. The van der Waals surface area contributed by atoms with Crippen LogP contribution in [0.25, 0.3) is 0 Å². The summed E-state index contributed by atoms with van der Waals surface area (Å²) in [5.41, 5.74) is 2.05. The molecule has 20 heavy (non-hydrogen) atoms. The van der Waals surface area contributed by atoms with Gasteiger partial charge in [0.1, 0.15) is 0 Å². The second-order valence-corrected chi connectivity index (χ2v) is 4.82. The van der Waals surface area contributed by atoms with Crippen molar-refractivity contribution in [1.29, 1.82) is 0 Å². The number of aromatic nitrogens is 1. The molecule has 0 aromatic carbocycles. The Kier molecular flexibility index (Phi) is 6.49. The van der Waals surface area contributed by atoms with E-state index in [4.69, 9.17) is 5.11 Å². The molecule has 1 atom stereocenters. The Morgan fingerprint density at radius 1 is 1.45 bits per heavy atom. The number of aryl methyl sites for hydroxylation is 1. The van der Waals surface area contributed by atoms with Crippen molar-refractivity contribution in [3.63, 3.8) is 0 Å². The van der Waals surface area contributed by atoms with Crippen molar-refractivity contribution in [2.45, 2.75) is 45.7 Å². The molecule has 110 valence electrons. The molecule has 6 heteroatoms. The average molecular weight is 279 g/mol. The van der Waals surface area contributed by atoms with Crippen LogP contribution in [0.3, 0.4) is 0 Å². The quantitative estimate of drug-likeness (QED) is 0.710. The Morgan fingerprint density at radius 2 is 2.20 bits per heavy atom. The molecule has 0 aliphatic carbocycles. The third-order valence-corrected chi connectivity index (χ3v) is 2.99. The number of urea groups is 1. The summed E-state index contributed by atoms with van der Waals surface area (Å²) in [6.45, 7) is 4.25. The highest BCUT2D eigenvalue weighted by Gasteiger charge is 2.08. The minimum absolute atomic E-state index is 0.0515. The molecule has 1 rings (SSSR count). The molecule has 0 bridgehead atoms. The number of carbonyl (C=O) groups is 2. The Bertz CT molecular complexity index is 463. The van der Waals surface area contributed by atoms with Crippen LogP contribution < -0.4 is 10.6 Å². The van der Waals surface area contributed by atoms with Gasteiger partial charge in [-0.25, -0.2) is 4.79 Å². The average Bonchev–Trinajstić information content (AvgIpc) is 2.37. The van der Waals surface area contributed by atoms with Crippen molar-refractivity contribution in [1.82, 2.24) is 15.6 Å². The summed E-state index contributed by atoms with van der Waals surface area (Å²) in [6.07, 6.45) is 4.77. The zero-order valence-corrected chi connectivity index (χ0v) is 11.8. The molecular weight excluding hydrogens is 258 g/mol. The summed E-state index contributed by atoms with van der Waals surface area (Å²) in [5.74, 6) is -0.811. The first-order valence-electron chi connectivity index (χ1n) is 6.64. The number of carboxylic acid groups (broad SMARTS) is 1.